The molecule has 0 aromatic heterocycles. The molecule has 0 radical (unpaired) electrons. The molecule has 1 aromatic carbocycles. The molecule has 1 aromatic rings. The third-order valence-corrected chi connectivity index (χ3v) is 6.82. The van der Waals surface area contributed by atoms with Crippen molar-refractivity contribution in [1.82, 2.24) is 0 Å². The Morgan fingerprint density at radius 2 is 1.67 bits per heavy atom. The number of fused-ring (bicyclic) bond motifs is 2. The van der Waals surface area contributed by atoms with Crippen LogP contribution in [0.4, 0.5) is 0 Å². The van der Waals surface area contributed by atoms with Gasteiger partial charge in [0.15, 0.2) is 5.79 Å². The Labute approximate surface area is 142 Å². The maximum Gasteiger partial charge on any atom is 0.168 e. The summed E-state index contributed by atoms with van der Waals surface area (Å²) in [5.74, 6) is -0.369. The predicted octanol–water partition coefficient (Wildman–Crippen LogP) is 5.30. The molecule has 2 aliphatic carbocycles. The molecule has 112 valence electrons. The lowest BCUT2D eigenvalue weighted by molar-refractivity contribution is -0.182. The topological polar surface area (TPSA) is 18.5 Å². The molecule has 3 aliphatic rings. The van der Waals surface area contributed by atoms with Crippen LogP contribution in [-0.4, -0.2) is 19.0 Å². The smallest absolute Gasteiger partial charge is 0.168 e. The fourth-order valence-corrected chi connectivity index (χ4v) is 5.25. The Hall–Kier alpha value is -0.0600. The van der Waals surface area contributed by atoms with Crippen LogP contribution in [0.2, 0.25) is 10.0 Å². The van der Waals surface area contributed by atoms with Crippen LogP contribution in [0.25, 0.3) is 6.08 Å². The quantitative estimate of drug-likeness (QED) is 0.599. The van der Waals surface area contributed by atoms with Gasteiger partial charge in [-0.15, -0.1) is 0 Å². The summed E-state index contributed by atoms with van der Waals surface area (Å²) in [6, 6.07) is 3.92. The minimum absolute atomic E-state index is 0.0716. The number of halogens is 3. The summed E-state index contributed by atoms with van der Waals surface area (Å²) in [5.41, 5.74) is 2.26. The number of rotatable bonds is 0. The number of benzene rings is 1. The Balaban J connectivity index is 1.74. The zero-order chi connectivity index (χ0) is 14.7. The standard InChI is InChI=1S/C16H15BrCl2O2/c17-12-9-10-1-2-11(18)14(19)13(10)15(12)3-5-16(6-4-15)20-7-8-21-16/h1-2,9H,3-8H2. The van der Waals surface area contributed by atoms with Crippen molar-refractivity contribution < 1.29 is 9.47 Å². The molecule has 0 N–H and O–H groups in total. The molecule has 0 unspecified atom stereocenters. The van der Waals surface area contributed by atoms with E-state index < -0.39 is 0 Å². The average molecular weight is 390 g/mol. The third-order valence-electron chi connectivity index (χ3n) is 5.02. The van der Waals surface area contributed by atoms with Crippen LogP contribution in [0.1, 0.15) is 36.8 Å². The minimum atomic E-state index is -0.369. The second-order valence-corrected chi connectivity index (χ2v) is 7.65. The molecule has 1 heterocycles. The fraction of sp³-hybridized carbons (Fsp3) is 0.500. The number of hydrogen-bond donors (Lipinski definition) is 0. The van der Waals surface area contributed by atoms with Gasteiger partial charge in [-0.2, -0.15) is 0 Å². The molecule has 0 amide bonds. The molecule has 2 fully saturated rings. The first-order chi connectivity index (χ1) is 10.1. The SMILES string of the molecule is Clc1ccc2c(c1Cl)C1(CCC3(CC1)OCCO3)C(Br)=C2. The van der Waals surface area contributed by atoms with E-state index in [2.05, 4.69) is 22.0 Å². The van der Waals surface area contributed by atoms with E-state index in [0.29, 0.717) is 23.3 Å². The lowest BCUT2D eigenvalue weighted by Crippen LogP contribution is -2.41. The van der Waals surface area contributed by atoms with Crippen molar-refractivity contribution in [3.05, 3.63) is 37.8 Å². The molecule has 2 nitrogen and oxygen atoms in total. The first-order valence-electron chi connectivity index (χ1n) is 7.20. The van der Waals surface area contributed by atoms with Crippen LogP contribution >= 0.6 is 39.1 Å². The highest BCUT2D eigenvalue weighted by molar-refractivity contribution is 9.11. The zero-order valence-electron chi connectivity index (χ0n) is 11.4. The first kappa shape index (κ1) is 14.5. The van der Waals surface area contributed by atoms with E-state index in [1.54, 1.807) is 0 Å². The van der Waals surface area contributed by atoms with Crippen LogP contribution in [0.15, 0.2) is 16.6 Å². The molecule has 5 heteroatoms. The molecule has 2 spiro atoms. The molecular weight excluding hydrogens is 375 g/mol. The van der Waals surface area contributed by atoms with Crippen LogP contribution in [0.5, 0.6) is 0 Å². The van der Waals surface area contributed by atoms with Gasteiger partial charge in [0, 0.05) is 22.7 Å². The first-order valence-corrected chi connectivity index (χ1v) is 8.75. The van der Waals surface area contributed by atoms with Crippen molar-refractivity contribution in [2.75, 3.05) is 13.2 Å². The highest BCUT2D eigenvalue weighted by Crippen LogP contribution is 2.58. The predicted molar refractivity (Wildman–Crippen MR) is 88.1 cm³/mol. The van der Waals surface area contributed by atoms with Gasteiger partial charge in [0.2, 0.25) is 0 Å². The number of ether oxygens (including phenoxy) is 2. The van der Waals surface area contributed by atoms with Crippen LogP contribution in [-0.2, 0) is 14.9 Å². The van der Waals surface area contributed by atoms with Gasteiger partial charge in [-0.05, 0) is 36.1 Å². The van der Waals surface area contributed by atoms with Crippen molar-refractivity contribution in [1.29, 1.82) is 0 Å². The average Bonchev–Trinajstić information content (AvgIpc) is 3.03. The summed E-state index contributed by atoms with van der Waals surface area (Å²) in [6.07, 6.45) is 5.86. The van der Waals surface area contributed by atoms with E-state index >= 15 is 0 Å². The van der Waals surface area contributed by atoms with E-state index in [1.807, 2.05) is 12.1 Å². The molecule has 1 saturated heterocycles. The summed E-state index contributed by atoms with van der Waals surface area (Å²) >= 11 is 16.5. The second kappa shape index (κ2) is 4.97. The van der Waals surface area contributed by atoms with Gasteiger partial charge in [0.05, 0.1) is 23.3 Å². The molecule has 0 atom stereocenters. The van der Waals surface area contributed by atoms with Crippen molar-refractivity contribution in [2.24, 2.45) is 0 Å². The van der Waals surface area contributed by atoms with E-state index in [9.17, 15) is 0 Å². The van der Waals surface area contributed by atoms with E-state index in [0.717, 1.165) is 31.2 Å². The maximum atomic E-state index is 6.53. The van der Waals surface area contributed by atoms with Crippen LogP contribution in [0, 0.1) is 0 Å². The Morgan fingerprint density at radius 1 is 1.00 bits per heavy atom. The van der Waals surface area contributed by atoms with Gasteiger partial charge in [-0.25, -0.2) is 0 Å². The Bertz CT molecular complexity index is 625. The van der Waals surface area contributed by atoms with Crippen molar-refractivity contribution in [2.45, 2.75) is 36.9 Å². The molecule has 21 heavy (non-hydrogen) atoms. The normalized spacial score (nSPS) is 25.4. The molecule has 4 rings (SSSR count). The van der Waals surface area contributed by atoms with Gasteiger partial charge in [0.1, 0.15) is 0 Å². The molecule has 1 saturated carbocycles. The summed E-state index contributed by atoms with van der Waals surface area (Å²) in [6.45, 7) is 1.40. The van der Waals surface area contributed by atoms with Crippen LogP contribution < -0.4 is 0 Å². The van der Waals surface area contributed by atoms with Gasteiger partial charge in [-0.3, -0.25) is 0 Å². The van der Waals surface area contributed by atoms with Crippen molar-refractivity contribution in [3.8, 4) is 0 Å². The number of allylic oxidation sites excluding steroid dienone is 1. The third kappa shape index (κ3) is 2.05. The second-order valence-electron chi connectivity index (χ2n) is 6.01. The van der Waals surface area contributed by atoms with Crippen molar-refractivity contribution >= 4 is 45.2 Å². The van der Waals surface area contributed by atoms with E-state index in [1.165, 1.54) is 10.0 Å². The lowest BCUT2D eigenvalue weighted by Gasteiger charge is -2.43. The summed E-state index contributed by atoms with van der Waals surface area (Å²) in [4.78, 5) is 0. The zero-order valence-corrected chi connectivity index (χ0v) is 14.5. The van der Waals surface area contributed by atoms with Gasteiger partial charge >= 0.3 is 0 Å². The summed E-state index contributed by atoms with van der Waals surface area (Å²) in [5, 5.41) is 1.31. The van der Waals surface area contributed by atoms with E-state index in [-0.39, 0.29) is 11.2 Å². The van der Waals surface area contributed by atoms with Crippen LogP contribution in [0.3, 0.4) is 0 Å². The van der Waals surface area contributed by atoms with Gasteiger partial charge in [0.25, 0.3) is 0 Å². The summed E-state index contributed by atoms with van der Waals surface area (Å²) < 4.78 is 12.9. The molecule has 0 bridgehead atoms. The fourth-order valence-electron chi connectivity index (χ4n) is 3.90. The molecular formula is C16H15BrCl2O2. The van der Waals surface area contributed by atoms with Gasteiger partial charge < -0.3 is 9.47 Å². The van der Waals surface area contributed by atoms with Crippen molar-refractivity contribution in [3.63, 3.8) is 0 Å². The summed E-state index contributed by atoms with van der Waals surface area (Å²) in [7, 11) is 0. The largest absolute Gasteiger partial charge is 0.348 e. The minimum Gasteiger partial charge on any atom is -0.348 e. The Morgan fingerprint density at radius 3 is 2.33 bits per heavy atom. The van der Waals surface area contributed by atoms with E-state index in [4.69, 9.17) is 32.7 Å². The van der Waals surface area contributed by atoms with Gasteiger partial charge in [-0.1, -0.05) is 45.2 Å². The highest BCUT2D eigenvalue weighted by atomic mass is 79.9. The molecule has 1 aliphatic heterocycles. The Kier molecular flexibility index (Phi) is 3.44. The monoisotopic (exact) mass is 388 g/mol. The highest BCUT2D eigenvalue weighted by Gasteiger charge is 2.51. The number of hydrogen-bond acceptors (Lipinski definition) is 2. The maximum absolute atomic E-state index is 6.53. The lowest BCUT2D eigenvalue weighted by atomic mass is 9.69.